The zero-order valence-electron chi connectivity index (χ0n) is 18.8. The highest BCUT2D eigenvalue weighted by molar-refractivity contribution is 5.73. The molecule has 156 valence electrons. The maximum Gasteiger partial charge on any atom is 0.166 e. The van der Waals surface area contributed by atoms with Gasteiger partial charge in [0, 0.05) is 55.1 Å². The summed E-state index contributed by atoms with van der Waals surface area (Å²) in [7, 11) is 1.76. The molecule has 0 aliphatic carbocycles. The van der Waals surface area contributed by atoms with Gasteiger partial charge in [0.2, 0.25) is 0 Å². The topological polar surface area (TPSA) is 24.9 Å². The van der Waals surface area contributed by atoms with E-state index >= 15 is 0 Å². The highest BCUT2D eigenvalue weighted by atomic mass is 16.5. The number of hydrogen-bond donors (Lipinski definition) is 0. The fourth-order valence-electron chi connectivity index (χ4n) is 4.92. The summed E-state index contributed by atoms with van der Waals surface area (Å²) in [5, 5.41) is 0. The molecule has 0 spiro atoms. The van der Waals surface area contributed by atoms with E-state index < -0.39 is 0 Å². The van der Waals surface area contributed by atoms with Gasteiger partial charge in [0.25, 0.3) is 0 Å². The van der Waals surface area contributed by atoms with E-state index in [9.17, 15) is 0 Å². The Kier molecular flexibility index (Phi) is 5.14. The van der Waals surface area contributed by atoms with E-state index in [0.29, 0.717) is 0 Å². The first-order valence-corrected chi connectivity index (χ1v) is 10.8. The van der Waals surface area contributed by atoms with Gasteiger partial charge >= 0.3 is 0 Å². The number of hydrogen-bond acceptors (Lipinski definition) is 4. The third kappa shape index (κ3) is 3.54. The normalized spacial score (nSPS) is 17.9. The van der Waals surface area contributed by atoms with Crippen LogP contribution in [0.1, 0.15) is 43.0 Å². The van der Waals surface area contributed by atoms with Crippen LogP contribution >= 0.6 is 0 Å². The lowest BCUT2D eigenvalue weighted by Crippen LogP contribution is -2.47. The zero-order chi connectivity index (χ0) is 20.8. The molecule has 0 saturated carbocycles. The predicted molar refractivity (Wildman–Crippen MR) is 121 cm³/mol. The van der Waals surface area contributed by atoms with Crippen molar-refractivity contribution in [3.63, 3.8) is 0 Å². The summed E-state index contributed by atoms with van der Waals surface area (Å²) in [5.74, 6) is 1.86. The van der Waals surface area contributed by atoms with Crippen LogP contribution in [0.4, 0.5) is 11.4 Å². The van der Waals surface area contributed by atoms with Gasteiger partial charge in [0.15, 0.2) is 11.5 Å². The van der Waals surface area contributed by atoms with Crippen LogP contribution in [0.5, 0.6) is 11.5 Å². The van der Waals surface area contributed by atoms with Crippen molar-refractivity contribution in [2.75, 3.05) is 43.1 Å². The summed E-state index contributed by atoms with van der Waals surface area (Å²) in [6.45, 7) is 15.0. The first-order valence-electron chi connectivity index (χ1n) is 10.8. The Morgan fingerprint density at radius 2 is 1.59 bits per heavy atom. The minimum Gasteiger partial charge on any atom is -0.492 e. The van der Waals surface area contributed by atoms with Gasteiger partial charge < -0.3 is 19.3 Å². The highest BCUT2D eigenvalue weighted by Crippen LogP contribution is 2.49. The molecule has 4 nitrogen and oxygen atoms in total. The minimum atomic E-state index is -0.172. The van der Waals surface area contributed by atoms with Crippen molar-refractivity contribution in [3.8, 4) is 11.5 Å². The number of nitrogens with zero attached hydrogens (tertiary/aromatic N) is 2. The van der Waals surface area contributed by atoms with Crippen LogP contribution in [0.25, 0.3) is 0 Å². The molecule has 2 aromatic carbocycles. The summed E-state index contributed by atoms with van der Waals surface area (Å²) in [6.07, 6.45) is 2.02. The maximum atomic E-state index is 6.26. The van der Waals surface area contributed by atoms with Gasteiger partial charge in [-0.25, -0.2) is 0 Å². The van der Waals surface area contributed by atoms with Gasteiger partial charge in [0.1, 0.15) is 5.60 Å². The smallest absolute Gasteiger partial charge is 0.166 e. The molecule has 4 heteroatoms. The summed E-state index contributed by atoms with van der Waals surface area (Å²) in [4.78, 5) is 5.03. The average Bonchev–Trinajstić information content (AvgIpc) is 3.04. The number of piperazine rings is 1. The number of aryl methyl sites for hydroxylation is 1. The third-order valence-corrected chi connectivity index (χ3v) is 6.47. The monoisotopic (exact) mass is 394 g/mol. The lowest BCUT2D eigenvalue weighted by atomic mass is 9.93. The standard InChI is InChI=1S/C25H34N2O2/c1-7-19-8-10-20(11-9-19)26-12-14-27(15-13-26)22-17(2)21-16-25(4,5)29-24(21)23(28-6)18(22)3/h8-11H,7,12-16H2,1-6H3. The molecular weight excluding hydrogens is 360 g/mol. The van der Waals surface area contributed by atoms with Gasteiger partial charge in [-0.15, -0.1) is 0 Å². The van der Waals surface area contributed by atoms with Crippen molar-refractivity contribution >= 4 is 11.4 Å². The van der Waals surface area contributed by atoms with Crippen molar-refractivity contribution in [1.29, 1.82) is 0 Å². The second-order valence-electron chi connectivity index (χ2n) is 8.97. The average molecular weight is 395 g/mol. The molecule has 1 saturated heterocycles. The molecule has 0 bridgehead atoms. The lowest BCUT2D eigenvalue weighted by molar-refractivity contribution is 0.134. The molecule has 2 heterocycles. The number of benzene rings is 2. The van der Waals surface area contributed by atoms with Crippen molar-refractivity contribution in [1.82, 2.24) is 0 Å². The fourth-order valence-corrected chi connectivity index (χ4v) is 4.92. The second kappa shape index (κ2) is 7.47. The summed E-state index contributed by atoms with van der Waals surface area (Å²) < 4.78 is 12.1. The van der Waals surface area contributed by atoms with E-state index in [-0.39, 0.29) is 5.60 Å². The first kappa shape index (κ1) is 19.9. The van der Waals surface area contributed by atoms with Gasteiger partial charge in [-0.1, -0.05) is 19.1 Å². The largest absolute Gasteiger partial charge is 0.492 e. The SMILES string of the molecule is CCc1ccc(N2CCN(c3c(C)c4c(c(OC)c3C)OC(C)(C)C4)CC2)cc1. The van der Waals surface area contributed by atoms with Crippen molar-refractivity contribution in [2.45, 2.75) is 53.1 Å². The molecule has 2 aliphatic heterocycles. The molecule has 4 rings (SSSR count). The van der Waals surface area contributed by atoms with Crippen molar-refractivity contribution in [2.24, 2.45) is 0 Å². The van der Waals surface area contributed by atoms with Crippen LogP contribution in [-0.4, -0.2) is 38.9 Å². The van der Waals surface area contributed by atoms with Crippen LogP contribution < -0.4 is 19.3 Å². The number of fused-ring (bicyclic) bond motifs is 1. The molecule has 0 amide bonds. The van der Waals surface area contributed by atoms with Crippen molar-refractivity contribution < 1.29 is 9.47 Å². The summed E-state index contributed by atoms with van der Waals surface area (Å²) >= 11 is 0. The van der Waals surface area contributed by atoms with Gasteiger partial charge in [-0.2, -0.15) is 0 Å². The lowest BCUT2D eigenvalue weighted by Gasteiger charge is -2.39. The molecule has 0 aromatic heterocycles. The molecular formula is C25H34N2O2. The molecule has 2 aliphatic rings. The predicted octanol–water partition coefficient (Wildman–Crippen LogP) is 4.91. The van der Waals surface area contributed by atoms with Gasteiger partial charge in [-0.3, -0.25) is 0 Å². The number of ether oxygens (including phenoxy) is 2. The molecule has 1 fully saturated rings. The Bertz CT molecular complexity index is 894. The number of methoxy groups -OCH3 is 1. The van der Waals surface area contributed by atoms with E-state index in [1.54, 1.807) is 7.11 Å². The number of anilines is 2. The van der Waals surface area contributed by atoms with Crippen LogP contribution in [0.2, 0.25) is 0 Å². The minimum absolute atomic E-state index is 0.172. The fraction of sp³-hybridized carbons (Fsp3) is 0.520. The summed E-state index contributed by atoms with van der Waals surface area (Å²) in [5.41, 5.74) is 7.75. The zero-order valence-corrected chi connectivity index (χ0v) is 18.8. The van der Waals surface area contributed by atoms with Gasteiger partial charge in [0.05, 0.1) is 7.11 Å². The second-order valence-corrected chi connectivity index (χ2v) is 8.97. The quantitative estimate of drug-likeness (QED) is 0.735. The molecule has 29 heavy (non-hydrogen) atoms. The third-order valence-electron chi connectivity index (χ3n) is 6.47. The highest BCUT2D eigenvalue weighted by Gasteiger charge is 2.37. The van der Waals surface area contributed by atoms with Gasteiger partial charge in [-0.05, 0) is 57.4 Å². The van der Waals surface area contributed by atoms with Crippen LogP contribution in [-0.2, 0) is 12.8 Å². The Labute approximate surface area is 175 Å². The molecule has 2 aromatic rings. The van der Waals surface area contributed by atoms with E-state index in [1.807, 2.05) is 0 Å². The first-order chi connectivity index (χ1) is 13.8. The van der Waals surface area contributed by atoms with E-state index in [0.717, 1.165) is 50.5 Å². The molecule has 0 radical (unpaired) electrons. The van der Waals surface area contributed by atoms with E-state index in [4.69, 9.17) is 9.47 Å². The van der Waals surface area contributed by atoms with Crippen LogP contribution in [0, 0.1) is 13.8 Å². The maximum absolute atomic E-state index is 6.26. The Hall–Kier alpha value is -2.36. The van der Waals surface area contributed by atoms with E-state index in [2.05, 4.69) is 68.7 Å². The van der Waals surface area contributed by atoms with Crippen LogP contribution in [0.15, 0.2) is 24.3 Å². The summed E-state index contributed by atoms with van der Waals surface area (Å²) in [6, 6.07) is 9.04. The molecule has 0 unspecified atom stereocenters. The molecule has 0 atom stereocenters. The van der Waals surface area contributed by atoms with E-state index in [1.165, 1.54) is 33.6 Å². The Balaban J connectivity index is 1.59. The Morgan fingerprint density at radius 3 is 2.17 bits per heavy atom. The van der Waals surface area contributed by atoms with Crippen LogP contribution in [0.3, 0.4) is 0 Å². The molecule has 0 N–H and O–H groups in total. The Morgan fingerprint density at radius 1 is 0.966 bits per heavy atom. The number of rotatable bonds is 4. The van der Waals surface area contributed by atoms with Crippen molar-refractivity contribution in [3.05, 3.63) is 46.5 Å².